The second-order valence-electron chi connectivity index (χ2n) is 7.81. The standard InChI is InChI=1S/C20H24ClN5O3/c1-20(2,3)29-19(28)25-15-6-4-5-13(9-15)17(27)26-8-7-16(12-26)24-18-22-10-14(21)11-23-18/h4-6,9-11,16H,7-8,12H2,1-3H3,(H,25,28)(H,22,23,24). The molecule has 1 unspecified atom stereocenters. The normalized spacial score (nSPS) is 16.4. The third-order valence-electron chi connectivity index (χ3n) is 4.18. The van der Waals surface area contributed by atoms with Crippen LogP contribution in [0.25, 0.3) is 0 Å². The van der Waals surface area contributed by atoms with Gasteiger partial charge in [0.15, 0.2) is 0 Å². The molecule has 9 heteroatoms. The minimum absolute atomic E-state index is 0.0585. The van der Waals surface area contributed by atoms with Gasteiger partial charge in [0.2, 0.25) is 5.95 Å². The molecule has 0 radical (unpaired) electrons. The van der Waals surface area contributed by atoms with Crippen LogP contribution in [0.2, 0.25) is 5.02 Å². The first-order valence-corrected chi connectivity index (χ1v) is 9.71. The minimum Gasteiger partial charge on any atom is -0.444 e. The summed E-state index contributed by atoms with van der Waals surface area (Å²) in [6.45, 7) is 6.53. The first-order chi connectivity index (χ1) is 13.7. The highest BCUT2D eigenvalue weighted by Gasteiger charge is 2.27. The van der Waals surface area contributed by atoms with Crippen LogP contribution >= 0.6 is 11.6 Å². The van der Waals surface area contributed by atoms with Crippen molar-refractivity contribution in [3.8, 4) is 0 Å². The Bertz CT molecular complexity index is 882. The van der Waals surface area contributed by atoms with E-state index in [1.807, 2.05) is 0 Å². The minimum atomic E-state index is -0.594. The number of amides is 2. The van der Waals surface area contributed by atoms with Gasteiger partial charge in [-0.25, -0.2) is 14.8 Å². The maximum Gasteiger partial charge on any atom is 0.412 e. The lowest BCUT2D eigenvalue weighted by atomic mass is 10.1. The molecule has 154 valence electrons. The largest absolute Gasteiger partial charge is 0.444 e. The molecule has 1 saturated heterocycles. The van der Waals surface area contributed by atoms with Crippen molar-refractivity contribution in [1.82, 2.24) is 14.9 Å². The van der Waals surface area contributed by atoms with Gasteiger partial charge in [0, 0.05) is 30.4 Å². The summed E-state index contributed by atoms with van der Waals surface area (Å²) in [5.74, 6) is 0.386. The summed E-state index contributed by atoms with van der Waals surface area (Å²) in [6, 6.07) is 6.88. The lowest BCUT2D eigenvalue weighted by Gasteiger charge is -2.20. The number of carbonyl (C=O) groups is 2. The van der Waals surface area contributed by atoms with Crippen LogP contribution in [0.1, 0.15) is 37.6 Å². The highest BCUT2D eigenvalue weighted by molar-refractivity contribution is 6.30. The van der Waals surface area contributed by atoms with Crippen LogP contribution in [-0.4, -0.2) is 51.6 Å². The van der Waals surface area contributed by atoms with Gasteiger partial charge in [0.1, 0.15) is 5.60 Å². The van der Waals surface area contributed by atoms with E-state index in [-0.39, 0.29) is 11.9 Å². The summed E-state index contributed by atoms with van der Waals surface area (Å²) >= 11 is 5.80. The maximum absolute atomic E-state index is 12.9. The summed E-state index contributed by atoms with van der Waals surface area (Å²) in [5, 5.41) is 6.34. The molecule has 0 saturated carbocycles. The predicted molar refractivity (Wildman–Crippen MR) is 111 cm³/mol. The zero-order valence-electron chi connectivity index (χ0n) is 16.6. The average molecular weight is 418 g/mol. The Morgan fingerprint density at radius 2 is 1.97 bits per heavy atom. The van der Waals surface area contributed by atoms with Crippen LogP contribution < -0.4 is 10.6 Å². The Kier molecular flexibility index (Phi) is 6.22. The monoisotopic (exact) mass is 417 g/mol. The SMILES string of the molecule is CC(C)(C)OC(=O)Nc1cccc(C(=O)N2CCC(Nc3ncc(Cl)cn3)C2)c1. The molecule has 0 spiro atoms. The topological polar surface area (TPSA) is 96.5 Å². The molecule has 8 nitrogen and oxygen atoms in total. The Labute approximate surface area is 174 Å². The van der Waals surface area contributed by atoms with E-state index in [9.17, 15) is 9.59 Å². The molecule has 0 aliphatic carbocycles. The van der Waals surface area contributed by atoms with Crippen LogP contribution in [0, 0.1) is 0 Å². The summed E-state index contributed by atoms with van der Waals surface area (Å²) in [5.41, 5.74) is 0.415. The average Bonchev–Trinajstić information content (AvgIpc) is 3.10. The number of nitrogens with one attached hydrogen (secondary N) is 2. The number of halogens is 1. The van der Waals surface area contributed by atoms with E-state index in [1.165, 1.54) is 12.4 Å². The first kappa shape index (κ1) is 20.9. The fourth-order valence-electron chi connectivity index (χ4n) is 2.97. The smallest absolute Gasteiger partial charge is 0.412 e. The Morgan fingerprint density at radius 3 is 2.66 bits per heavy atom. The molecule has 2 amide bonds. The van der Waals surface area contributed by atoms with Gasteiger partial charge in [-0.2, -0.15) is 0 Å². The van der Waals surface area contributed by atoms with Crippen molar-refractivity contribution in [2.45, 2.75) is 38.8 Å². The lowest BCUT2D eigenvalue weighted by Crippen LogP contribution is -2.32. The number of hydrogen-bond donors (Lipinski definition) is 2. The number of ether oxygens (including phenoxy) is 1. The summed E-state index contributed by atoms with van der Waals surface area (Å²) < 4.78 is 5.25. The van der Waals surface area contributed by atoms with Crippen molar-refractivity contribution < 1.29 is 14.3 Å². The molecule has 1 atom stereocenters. The van der Waals surface area contributed by atoms with Crippen molar-refractivity contribution in [3.63, 3.8) is 0 Å². The maximum atomic E-state index is 12.9. The van der Waals surface area contributed by atoms with Crippen molar-refractivity contribution in [2.24, 2.45) is 0 Å². The quantitative estimate of drug-likeness (QED) is 0.785. The second-order valence-corrected chi connectivity index (χ2v) is 8.25. The molecular weight excluding hydrogens is 394 g/mol. The molecule has 2 aromatic rings. The molecule has 1 aromatic carbocycles. The van der Waals surface area contributed by atoms with Crippen molar-refractivity contribution in [3.05, 3.63) is 47.2 Å². The lowest BCUT2D eigenvalue weighted by molar-refractivity contribution is 0.0635. The van der Waals surface area contributed by atoms with Crippen LogP contribution in [0.3, 0.4) is 0 Å². The van der Waals surface area contributed by atoms with Crippen molar-refractivity contribution >= 4 is 35.2 Å². The highest BCUT2D eigenvalue weighted by atomic mass is 35.5. The summed E-state index contributed by atoms with van der Waals surface area (Å²) in [6.07, 6.45) is 3.28. The van der Waals surface area contributed by atoms with Gasteiger partial charge in [-0.1, -0.05) is 17.7 Å². The Balaban J connectivity index is 1.59. The van der Waals surface area contributed by atoms with Crippen molar-refractivity contribution in [1.29, 1.82) is 0 Å². The van der Waals surface area contributed by atoms with Crippen LogP contribution in [0.15, 0.2) is 36.7 Å². The number of likely N-dealkylation sites (tertiary alicyclic amines) is 1. The molecule has 1 aromatic heterocycles. The molecule has 0 bridgehead atoms. The fourth-order valence-corrected chi connectivity index (χ4v) is 3.06. The van der Waals surface area contributed by atoms with Crippen molar-refractivity contribution in [2.75, 3.05) is 23.7 Å². The van der Waals surface area contributed by atoms with Gasteiger partial charge in [-0.15, -0.1) is 0 Å². The van der Waals surface area contributed by atoms with Crippen LogP contribution in [0.4, 0.5) is 16.4 Å². The zero-order valence-corrected chi connectivity index (χ0v) is 17.4. The number of aromatic nitrogens is 2. The van der Waals surface area contributed by atoms with E-state index in [0.717, 1.165) is 6.42 Å². The van der Waals surface area contributed by atoms with E-state index in [2.05, 4.69) is 20.6 Å². The number of hydrogen-bond acceptors (Lipinski definition) is 6. The van der Waals surface area contributed by atoms with Gasteiger partial charge in [0.25, 0.3) is 5.91 Å². The zero-order chi connectivity index (χ0) is 21.0. The number of anilines is 2. The van der Waals surface area contributed by atoms with E-state index < -0.39 is 11.7 Å². The molecule has 29 heavy (non-hydrogen) atoms. The summed E-state index contributed by atoms with van der Waals surface area (Å²) in [4.78, 5) is 34.8. The van der Waals surface area contributed by atoms with E-state index in [4.69, 9.17) is 16.3 Å². The third-order valence-corrected chi connectivity index (χ3v) is 4.38. The molecule has 1 aliphatic heterocycles. The molecule has 3 rings (SSSR count). The van der Waals surface area contributed by atoms with Gasteiger partial charge >= 0.3 is 6.09 Å². The third kappa shape index (κ3) is 6.05. The van der Waals surface area contributed by atoms with E-state index >= 15 is 0 Å². The molecule has 1 fully saturated rings. The Hall–Kier alpha value is -2.87. The number of carbonyl (C=O) groups excluding carboxylic acids is 2. The molecular formula is C20H24ClN5O3. The highest BCUT2D eigenvalue weighted by Crippen LogP contribution is 2.19. The fraction of sp³-hybridized carbons (Fsp3) is 0.400. The van der Waals surface area contributed by atoms with Gasteiger partial charge in [0.05, 0.1) is 17.4 Å². The Morgan fingerprint density at radius 1 is 1.24 bits per heavy atom. The number of nitrogens with zero attached hydrogens (tertiary/aromatic N) is 3. The van der Waals surface area contributed by atoms with Gasteiger partial charge < -0.3 is 15.0 Å². The van der Waals surface area contributed by atoms with Gasteiger partial charge in [-0.3, -0.25) is 10.1 Å². The molecule has 1 aliphatic rings. The van der Waals surface area contributed by atoms with Crippen LogP contribution in [0.5, 0.6) is 0 Å². The predicted octanol–water partition coefficient (Wildman–Crippen LogP) is 3.80. The molecule has 2 N–H and O–H groups in total. The second kappa shape index (κ2) is 8.65. The number of benzene rings is 1. The number of rotatable bonds is 4. The van der Waals surface area contributed by atoms with E-state index in [1.54, 1.807) is 49.9 Å². The van der Waals surface area contributed by atoms with E-state index in [0.29, 0.717) is 35.3 Å². The first-order valence-electron chi connectivity index (χ1n) is 9.33. The summed E-state index contributed by atoms with van der Waals surface area (Å²) in [7, 11) is 0. The van der Waals surface area contributed by atoms with Crippen LogP contribution in [-0.2, 0) is 4.74 Å². The molecule has 2 heterocycles. The van der Waals surface area contributed by atoms with Gasteiger partial charge in [-0.05, 0) is 45.4 Å².